The summed E-state index contributed by atoms with van der Waals surface area (Å²) in [5, 5.41) is 15.0. The second kappa shape index (κ2) is 7.27. The van der Waals surface area contributed by atoms with Crippen molar-refractivity contribution in [3.63, 3.8) is 0 Å². The molecule has 0 saturated heterocycles. The van der Waals surface area contributed by atoms with Crippen molar-refractivity contribution < 1.29 is 9.18 Å². The maximum absolute atomic E-state index is 13.1. The molecule has 2 heterocycles. The molecule has 1 amide bonds. The molecule has 0 radical (unpaired) electrons. The van der Waals surface area contributed by atoms with E-state index >= 15 is 0 Å². The molecule has 0 spiro atoms. The molecule has 0 saturated carbocycles. The first kappa shape index (κ1) is 18.5. The smallest absolute Gasteiger partial charge is 0.281 e. The Bertz CT molecular complexity index is 1280. The number of rotatable bonds is 4. The van der Waals surface area contributed by atoms with Crippen LogP contribution in [0.5, 0.6) is 0 Å². The third-order valence-corrected chi connectivity index (χ3v) is 4.70. The molecule has 4 rings (SSSR count). The van der Waals surface area contributed by atoms with E-state index < -0.39 is 5.56 Å². The van der Waals surface area contributed by atoms with Gasteiger partial charge in [0.2, 0.25) is 5.91 Å². The lowest BCUT2D eigenvalue weighted by Crippen LogP contribution is -2.30. The van der Waals surface area contributed by atoms with Crippen molar-refractivity contribution in [2.75, 3.05) is 5.32 Å². The monoisotopic (exact) mass is 392 g/mol. The Morgan fingerprint density at radius 1 is 1.14 bits per heavy atom. The third kappa shape index (κ3) is 3.49. The number of carbonyl (C=O) groups excluding carboxylic acids is 1. The van der Waals surface area contributed by atoms with E-state index in [0.717, 1.165) is 15.8 Å². The molecule has 4 aromatic rings. The Hall–Kier alpha value is -3.88. The van der Waals surface area contributed by atoms with Crippen LogP contribution in [0.4, 0.5) is 10.1 Å². The predicted molar refractivity (Wildman–Crippen MR) is 105 cm³/mol. The lowest BCUT2D eigenvalue weighted by molar-refractivity contribution is -0.117. The second-order valence-electron chi connectivity index (χ2n) is 6.62. The van der Waals surface area contributed by atoms with Crippen molar-refractivity contribution in [2.45, 2.75) is 20.4 Å². The zero-order valence-corrected chi connectivity index (χ0v) is 15.8. The number of carbonyl (C=O) groups is 1. The third-order valence-electron chi connectivity index (χ3n) is 4.70. The fourth-order valence-electron chi connectivity index (χ4n) is 2.95. The van der Waals surface area contributed by atoms with Gasteiger partial charge in [-0.3, -0.25) is 9.59 Å². The molecule has 0 aliphatic rings. The first-order chi connectivity index (χ1) is 13.9. The number of halogens is 1. The molecule has 2 aromatic carbocycles. The zero-order chi connectivity index (χ0) is 20.5. The Morgan fingerprint density at radius 3 is 2.66 bits per heavy atom. The number of aromatic nitrogens is 5. The van der Waals surface area contributed by atoms with Gasteiger partial charge in [0.15, 0.2) is 5.65 Å². The van der Waals surface area contributed by atoms with Gasteiger partial charge in [0.05, 0.1) is 11.9 Å². The summed E-state index contributed by atoms with van der Waals surface area (Å²) >= 11 is 0. The highest BCUT2D eigenvalue weighted by Crippen LogP contribution is 2.18. The van der Waals surface area contributed by atoms with E-state index in [-0.39, 0.29) is 29.3 Å². The largest absolute Gasteiger partial charge is 0.324 e. The molecular weight excluding hydrogens is 375 g/mol. The van der Waals surface area contributed by atoms with Crippen molar-refractivity contribution in [1.82, 2.24) is 24.8 Å². The van der Waals surface area contributed by atoms with Crippen molar-refractivity contribution in [3.8, 4) is 5.69 Å². The van der Waals surface area contributed by atoms with Crippen molar-refractivity contribution >= 4 is 22.6 Å². The lowest BCUT2D eigenvalue weighted by atomic mass is 10.1. The molecule has 2 aromatic heterocycles. The molecular formula is C20H17FN6O2. The highest BCUT2D eigenvalue weighted by Gasteiger charge is 2.15. The van der Waals surface area contributed by atoms with Gasteiger partial charge >= 0.3 is 0 Å². The van der Waals surface area contributed by atoms with Crippen LogP contribution < -0.4 is 10.9 Å². The number of hydrogen-bond acceptors (Lipinski definition) is 5. The van der Waals surface area contributed by atoms with Crippen molar-refractivity contribution in [1.29, 1.82) is 0 Å². The minimum Gasteiger partial charge on any atom is -0.324 e. The number of hydrogen-bond donors (Lipinski definition) is 1. The van der Waals surface area contributed by atoms with Crippen molar-refractivity contribution in [2.24, 2.45) is 0 Å². The molecule has 0 atom stereocenters. The van der Waals surface area contributed by atoms with Crippen LogP contribution in [0.15, 0.2) is 53.5 Å². The topological polar surface area (TPSA) is 94.7 Å². The van der Waals surface area contributed by atoms with Gasteiger partial charge in [-0.15, -0.1) is 5.10 Å². The van der Waals surface area contributed by atoms with Crippen LogP contribution in [-0.4, -0.2) is 30.7 Å². The number of anilines is 1. The summed E-state index contributed by atoms with van der Waals surface area (Å²) in [6.07, 6.45) is 1.36. The molecule has 0 unspecified atom stereocenters. The zero-order valence-electron chi connectivity index (χ0n) is 15.8. The van der Waals surface area contributed by atoms with Crippen LogP contribution in [0.3, 0.4) is 0 Å². The van der Waals surface area contributed by atoms with Crippen LogP contribution in [0.25, 0.3) is 16.7 Å². The van der Waals surface area contributed by atoms with Crippen LogP contribution in [0, 0.1) is 19.7 Å². The van der Waals surface area contributed by atoms with E-state index in [1.807, 2.05) is 26.0 Å². The second-order valence-corrected chi connectivity index (χ2v) is 6.62. The summed E-state index contributed by atoms with van der Waals surface area (Å²) in [5.41, 5.74) is 2.97. The average Bonchev–Trinajstić information content (AvgIpc) is 3.13. The molecule has 146 valence electrons. The fraction of sp³-hybridized carbons (Fsp3) is 0.150. The van der Waals surface area contributed by atoms with Crippen LogP contribution in [0.2, 0.25) is 0 Å². The molecule has 0 bridgehead atoms. The van der Waals surface area contributed by atoms with E-state index in [4.69, 9.17) is 0 Å². The number of nitrogens with zero attached hydrogens (tertiary/aromatic N) is 5. The minimum atomic E-state index is -0.487. The van der Waals surface area contributed by atoms with Crippen LogP contribution in [0.1, 0.15) is 11.1 Å². The Morgan fingerprint density at radius 2 is 1.90 bits per heavy atom. The number of fused-ring (bicyclic) bond motifs is 1. The number of aryl methyl sites for hydroxylation is 1. The minimum absolute atomic E-state index is 0.212. The summed E-state index contributed by atoms with van der Waals surface area (Å²) in [4.78, 5) is 25.1. The normalized spacial score (nSPS) is 11.0. The summed E-state index contributed by atoms with van der Waals surface area (Å²) < 4.78 is 15.5. The van der Waals surface area contributed by atoms with Gasteiger partial charge in [-0.25, -0.2) is 13.8 Å². The summed E-state index contributed by atoms with van der Waals surface area (Å²) in [6.45, 7) is 3.58. The predicted octanol–water partition coefficient (Wildman–Crippen LogP) is 2.37. The van der Waals surface area contributed by atoms with Crippen LogP contribution in [-0.2, 0) is 11.3 Å². The maximum atomic E-state index is 13.1. The molecule has 0 aliphatic heterocycles. The Kier molecular flexibility index (Phi) is 4.63. The van der Waals surface area contributed by atoms with E-state index in [2.05, 4.69) is 20.7 Å². The molecule has 29 heavy (non-hydrogen) atoms. The number of nitrogens with one attached hydrogen (secondary N) is 1. The van der Waals surface area contributed by atoms with E-state index in [1.165, 1.54) is 35.1 Å². The maximum Gasteiger partial charge on any atom is 0.281 e. The Balaban J connectivity index is 1.61. The first-order valence-electron chi connectivity index (χ1n) is 8.87. The quantitative estimate of drug-likeness (QED) is 0.575. The van der Waals surface area contributed by atoms with Crippen LogP contribution >= 0.6 is 0 Å². The molecule has 0 fully saturated rings. The summed E-state index contributed by atoms with van der Waals surface area (Å²) in [7, 11) is 0. The summed E-state index contributed by atoms with van der Waals surface area (Å²) in [5.74, 6) is -0.770. The van der Waals surface area contributed by atoms with Gasteiger partial charge in [0, 0.05) is 5.69 Å². The molecule has 8 nitrogen and oxygen atoms in total. The van der Waals surface area contributed by atoms with E-state index in [9.17, 15) is 14.0 Å². The molecule has 0 aliphatic carbocycles. The average molecular weight is 392 g/mol. The first-order valence-corrected chi connectivity index (χ1v) is 8.87. The fourth-order valence-corrected chi connectivity index (χ4v) is 2.95. The molecule has 1 N–H and O–H groups in total. The SMILES string of the molecule is Cc1cccc(NC(=O)Cn2nnc3c(cnn3-c3ccc(F)cc3)c2=O)c1C. The van der Waals surface area contributed by atoms with Gasteiger partial charge in [-0.1, -0.05) is 17.3 Å². The van der Waals surface area contributed by atoms with Gasteiger partial charge in [-0.05, 0) is 55.3 Å². The van der Waals surface area contributed by atoms with Gasteiger partial charge in [-0.2, -0.15) is 5.10 Å². The highest BCUT2D eigenvalue weighted by atomic mass is 19.1. The van der Waals surface area contributed by atoms with Crippen molar-refractivity contribution in [3.05, 3.63) is 76.0 Å². The van der Waals surface area contributed by atoms with E-state index in [1.54, 1.807) is 6.07 Å². The van der Waals surface area contributed by atoms with Gasteiger partial charge < -0.3 is 5.32 Å². The van der Waals surface area contributed by atoms with Gasteiger partial charge in [0.1, 0.15) is 17.7 Å². The molecule has 9 heteroatoms. The van der Waals surface area contributed by atoms with E-state index in [0.29, 0.717) is 11.4 Å². The lowest BCUT2D eigenvalue weighted by Gasteiger charge is -2.10. The Labute approximate surface area is 164 Å². The standard InChI is InChI=1S/C20H17FN6O2/c1-12-4-3-5-17(13(12)2)23-18(28)11-26-20(29)16-10-22-27(19(16)24-25-26)15-8-6-14(21)7-9-15/h3-10H,11H2,1-2H3,(H,23,28). The number of benzene rings is 2. The highest BCUT2D eigenvalue weighted by molar-refractivity contribution is 5.91. The summed E-state index contributed by atoms with van der Waals surface area (Å²) in [6, 6.07) is 11.2. The van der Waals surface area contributed by atoms with Gasteiger partial charge in [0.25, 0.3) is 5.56 Å². The number of amides is 1.